The van der Waals surface area contributed by atoms with E-state index in [2.05, 4.69) is 4.98 Å². The summed E-state index contributed by atoms with van der Waals surface area (Å²) in [6.45, 7) is 6.30. The molecule has 8 nitrogen and oxygen atoms in total. The van der Waals surface area contributed by atoms with Gasteiger partial charge >= 0.3 is 12.1 Å². The van der Waals surface area contributed by atoms with E-state index in [0.29, 0.717) is 36.2 Å². The van der Waals surface area contributed by atoms with Gasteiger partial charge in [-0.15, -0.1) is 0 Å². The minimum absolute atomic E-state index is 0.158. The molecule has 0 atom stereocenters. The molecule has 0 unspecified atom stereocenters. The van der Waals surface area contributed by atoms with Crippen LogP contribution in [-0.2, 0) is 27.3 Å². The molecule has 1 aliphatic heterocycles. The average molecular weight is 477 g/mol. The Morgan fingerprint density at radius 3 is 2.46 bits per heavy atom. The lowest BCUT2D eigenvalue weighted by atomic mass is 10.1. The monoisotopic (exact) mass is 476 g/mol. The predicted octanol–water partition coefficient (Wildman–Crippen LogP) is 5.29. The van der Waals surface area contributed by atoms with Gasteiger partial charge in [-0.25, -0.2) is 9.78 Å². The highest BCUT2D eigenvalue weighted by Crippen LogP contribution is 2.40. The highest BCUT2D eigenvalue weighted by molar-refractivity contribution is 5.89. The Bertz CT molecular complexity index is 1170. The molecule has 3 aromatic rings. The molecule has 0 bridgehead atoms. The molecule has 2 aromatic carbocycles. The smallest absolute Gasteiger partial charge is 0.416 e. The van der Waals surface area contributed by atoms with Crippen LogP contribution in [0, 0.1) is 0 Å². The maximum absolute atomic E-state index is 12.6. The number of esters is 1. The zero-order chi connectivity index (χ0) is 24.8. The third-order valence-corrected chi connectivity index (χ3v) is 5.02. The first-order valence-electron chi connectivity index (χ1n) is 11.4. The maximum Gasteiger partial charge on any atom is 0.416 e. The third-order valence-electron chi connectivity index (χ3n) is 5.02. The Morgan fingerprint density at radius 2 is 1.74 bits per heavy atom. The summed E-state index contributed by atoms with van der Waals surface area (Å²) in [6, 6.07) is 18.4. The van der Waals surface area contributed by atoms with Crippen molar-refractivity contribution in [1.29, 1.82) is 0 Å². The molecule has 8 heteroatoms. The number of carbonyl (C=O) groups excluding carboxylic acids is 2. The quantitative estimate of drug-likeness (QED) is 0.447. The molecule has 0 fully saturated rings. The van der Waals surface area contributed by atoms with Crippen LogP contribution in [0.15, 0.2) is 66.9 Å². The first-order valence-corrected chi connectivity index (χ1v) is 11.4. The van der Waals surface area contributed by atoms with Crippen LogP contribution in [0.2, 0.25) is 0 Å². The van der Waals surface area contributed by atoms with E-state index in [9.17, 15) is 9.59 Å². The molecule has 0 aliphatic carbocycles. The number of benzene rings is 2. The van der Waals surface area contributed by atoms with Gasteiger partial charge in [-0.1, -0.05) is 42.5 Å². The number of rotatable bonds is 6. The van der Waals surface area contributed by atoms with Crippen LogP contribution in [-0.4, -0.2) is 35.8 Å². The fourth-order valence-electron chi connectivity index (χ4n) is 3.43. The Labute approximate surface area is 204 Å². The second-order valence-electron chi connectivity index (χ2n) is 9.01. The number of aromatic nitrogens is 1. The van der Waals surface area contributed by atoms with Crippen LogP contribution < -0.4 is 14.4 Å². The molecule has 0 N–H and O–H groups in total. The summed E-state index contributed by atoms with van der Waals surface area (Å²) in [4.78, 5) is 30.6. The molecule has 4 rings (SSSR count). The maximum atomic E-state index is 12.6. The molecule has 1 aromatic heterocycles. The van der Waals surface area contributed by atoms with Crippen molar-refractivity contribution in [2.24, 2.45) is 0 Å². The van der Waals surface area contributed by atoms with Gasteiger partial charge in [0.25, 0.3) is 0 Å². The fraction of sp³-hybridized carbons (Fsp3) is 0.296. The van der Waals surface area contributed by atoms with Gasteiger partial charge < -0.3 is 18.9 Å². The van der Waals surface area contributed by atoms with E-state index < -0.39 is 11.7 Å². The number of hydrogen-bond donors (Lipinski definition) is 0. The van der Waals surface area contributed by atoms with Crippen molar-refractivity contribution in [2.75, 3.05) is 18.1 Å². The number of pyridine rings is 1. The zero-order valence-corrected chi connectivity index (χ0v) is 20.0. The average Bonchev–Trinajstić information content (AvgIpc) is 2.83. The first-order chi connectivity index (χ1) is 16.8. The van der Waals surface area contributed by atoms with Crippen molar-refractivity contribution in [3.05, 3.63) is 78.0 Å². The van der Waals surface area contributed by atoms with E-state index in [-0.39, 0.29) is 19.0 Å². The molecular weight excluding hydrogens is 448 g/mol. The second kappa shape index (κ2) is 10.5. The highest BCUT2D eigenvalue weighted by Gasteiger charge is 2.31. The summed E-state index contributed by atoms with van der Waals surface area (Å²) >= 11 is 0. The number of amides is 1. The van der Waals surface area contributed by atoms with E-state index in [0.717, 1.165) is 11.1 Å². The van der Waals surface area contributed by atoms with Crippen molar-refractivity contribution < 1.29 is 28.5 Å². The lowest BCUT2D eigenvalue weighted by molar-refractivity contribution is -0.144. The van der Waals surface area contributed by atoms with Crippen LogP contribution in [0.4, 0.5) is 10.6 Å². The SMILES string of the molecule is CC(C)(C)OC(=O)N1CCOc2c(Oc3ccc(CC(=O)OCc4ccccc4)cc3)ccnc21. The predicted molar refractivity (Wildman–Crippen MR) is 130 cm³/mol. The molecule has 0 spiro atoms. The van der Waals surface area contributed by atoms with Crippen LogP contribution >= 0.6 is 0 Å². The van der Waals surface area contributed by atoms with Crippen molar-refractivity contribution >= 4 is 17.9 Å². The molecule has 35 heavy (non-hydrogen) atoms. The van der Waals surface area contributed by atoms with Gasteiger partial charge in [-0.2, -0.15) is 0 Å². The molecule has 0 saturated heterocycles. The van der Waals surface area contributed by atoms with E-state index in [1.807, 2.05) is 51.1 Å². The van der Waals surface area contributed by atoms with Crippen molar-refractivity contribution in [1.82, 2.24) is 4.98 Å². The van der Waals surface area contributed by atoms with E-state index in [1.54, 1.807) is 36.5 Å². The third kappa shape index (κ3) is 6.50. The number of hydrogen-bond acceptors (Lipinski definition) is 7. The highest BCUT2D eigenvalue weighted by atomic mass is 16.6. The van der Waals surface area contributed by atoms with Crippen LogP contribution in [0.5, 0.6) is 17.2 Å². The Hall–Kier alpha value is -4.07. The fourth-order valence-corrected chi connectivity index (χ4v) is 3.43. The van der Waals surface area contributed by atoms with Crippen LogP contribution in [0.1, 0.15) is 31.9 Å². The normalized spacial score (nSPS) is 12.8. The summed E-state index contributed by atoms with van der Waals surface area (Å²) in [7, 11) is 0. The largest absolute Gasteiger partial charge is 0.484 e. The van der Waals surface area contributed by atoms with Gasteiger partial charge in [0.15, 0.2) is 11.6 Å². The molecule has 1 amide bonds. The number of anilines is 1. The number of fused-ring (bicyclic) bond motifs is 1. The number of ether oxygens (including phenoxy) is 4. The number of carbonyl (C=O) groups is 2. The summed E-state index contributed by atoms with van der Waals surface area (Å²) in [5.74, 6) is 1.40. The molecule has 0 saturated carbocycles. The van der Waals surface area contributed by atoms with E-state index in [1.165, 1.54) is 4.90 Å². The Morgan fingerprint density at radius 1 is 1.00 bits per heavy atom. The van der Waals surface area contributed by atoms with Gasteiger partial charge in [-0.3, -0.25) is 9.69 Å². The van der Waals surface area contributed by atoms with Gasteiger partial charge in [0, 0.05) is 12.3 Å². The Kier molecular flexibility index (Phi) is 7.19. The first kappa shape index (κ1) is 24.1. The van der Waals surface area contributed by atoms with Gasteiger partial charge in [-0.05, 0) is 44.0 Å². The zero-order valence-electron chi connectivity index (χ0n) is 20.0. The summed E-state index contributed by atoms with van der Waals surface area (Å²) < 4.78 is 22.6. The van der Waals surface area contributed by atoms with Crippen molar-refractivity contribution in [2.45, 2.75) is 39.4 Å². The lowest BCUT2D eigenvalue weighted by Gasteiger charge is -2.31. The topological polar surface area (TPSA) is 87.2 Å². The van der Waals surface area contributed by atoms with Crippen molar-refractivity contribution in [3.63, 3.8) is 0 Å². The standard InChI is InChI=1S/C27H28N2O6/c1-27(2,3)35-26(31)29-15-16-32-24-22(13-14-28-25(24)29)34-21-11-9-19(10-12-21)17-23(30)33-18-20-7-5-4-6-8-20/h4-14H,15-18H2,1-3H3. The lowest BCUT2D eigenvalue weighted by Crippen LogP contribution is -2.42. The minimum atomic E-state index is -0.626. The minimum Gasteiger partial charge on any atom is -0.484 e. The van der Waals surface area contributed by atoms with E-state index in [4.69, 9.17) is 18.9 Å². The Balaban J connectivity index is 1.39. The molecule has 0 radical (unpaired) electrons. The van der Waals surface area contributed by atoms with Crippen molar-refractivity contribution in [3.8, 4) is 17.2 Å². The van der Waals surface area contributed by atoms with Crippen LogP contribution in [0.3, 0.4) is 0 Å². The van der Waals surface area contributed by atoms with Crippen LogP contribution in [0.25, 0.3) is 0 Å². The van der Waals surface area contributed by atoms with E-state index >= 15 is 0 Å². The molecule has 1 aliphatic rings. The van der Waals surface area contributed by atoms with Gasteiger partial charge in [0.2, 0.25) is 5.75 Å². The summed E-state index contributed by atoms with van der Waals surface area (Å²) in [5.41, 5.74) is 1.12. The summed E-state index contributed by atoms with van der Waals surface area (Å²) in [5, 5.41) is 0. The molecule has 2 heterocycles. The second-order valence-corrected chi connectivity index (χ2v) is 9.01. The summed E-state index contributed by atoms with van der Waals surface area (Å²) in [6.07, 6.45) is 1.22. The van der Waals surface area contributed by atoms with Gasteiger partial charge in [0.1, 0.15) is 24.6 Å². The number of nitrogens with zero attached hydrogens (tertiary/aromatic N) is 2. The van der Waals surface area contributed by atoms with Gasteiger partial charge in [0.05, 0.1) is 13.0 Å². The molecular formula is C27H28N2O6. The molecule has 182 valence electrons.